The molecule has 7 heteroatoms. The normalized spacial score (nSPS) is 10.1. The lowest BCUT2D eigenvalue weighted by molar-refractivity contribution is 0.0954. The predicted molar refractivity (Wildman–Crippen MR) is 94.6 cm³/mol. The topological polar surface area (TPSA) is 79.5 Å². The van der Waals surface area contributed by atoms with E-state index >= 15 is 0 Å². The Labute approximate surface area is 145 Å². The Balaban J connectivity index is 1.62. The second-order valence-corrected chi connectivity index (χ2v) is 6.48. The number of carbonyl (C=O) groups is 2. The standard InChI is InChI=1S/C17H21N3O3S/c1-12-3-8-15(24-12)11-20-17(22)19-10-9-18-16(21)13-4-6-14(23-2)7-5-13/h3-8H,9-11H2,1-2H3,(H,18,21)(H2,19,20,22). The van der Waals surface area contributed by atoms with E-state index in [4.69, 9.17) is 4.74 Å². The van der Waals surface area contributed by atoms with Gasteiger partial charge in [0.25, 0.3) is 5.91 Å². The molecule has 0 aliphatic rings. The molecule has 0 atom stereocenters. The van der Waals surface area contributed by atoms with Gasteiger partial charge in [0.15, 0.2) is 0 Å². The van der Waals surface area contributed by atoms with E-state index in [9.17, 15) is 9.59 Å². The zero-order chi connectivity index (χ0) is 17.4. The van der Waals surface area contributed by atoms with E-state index in [-0.39, 0.29) is 11.9 Å². The van der Waals surface area contributed by atoms with Crippen molar-refractivity contribution in [2.24, 2.45) is 0 Å². The summed E-state index contributed by atoms with van der Waals surface area (Å²) in [5.41, 5.74) is 0.549. The Morgan fingerprint density at radius 1 is 1.00 bits per heavy atom. The number of amides is 3. The highest BCUT2D eigenvalue weighted by Crippen LogP contribution is 2.14. The van der Waals surface area contributed by atoms with Crippen LogP contribution >= 0.6 is 11.3 Å². The predicted octanol–water partition coefficient (Wildman–Crippen LogP) is 2.29. The number of ether oxygens (including phenoxy) is 1. The summed E-state index contributed by atoms with van der Waals surface area (Å²) in [6.07, 6.45) is 0. The van der Waals surface area contributed by atoms with Crippen LogP contribution in [0.2, 0.25) is 0 Å². The molecule has 2 rings (SSSR count). The van der Waals surface area contributed by atoms with Crippen LogP contribution in [0.1, 0.15) is 20.1 Å². The number of thiophene rings is 1. The molecule has 0 aliphatic carbocycles. The summed E-state index contributed by atoms with van der Waals surface area (Å²) in [6.45, 7) is 3.25. The van der Waals surface area contributed by atoms with E-state index in [0.717, 1.165) is 4.88 Å². The number of methoxy groups -OCH3 is 1. The van der Waals surface area contributed by atoms with Gasteiger partial charge >= 0.3 is 6.03 Å². The molecule has 6 nitrogen and oxygen atoms in total. The quantitative estimate of drug-likeness (QED) is 0.673. The SMILES string of the molecule is COc1ccc(C(=O)NCCNC(=O)NCc2ccc(C)s2)cc1. The van der Waals surface area contributed by atoms with Crippen molar-refractivity contribution >= 4 is 23.3 Å². The van der Waals surface area contributed by atoms with Gasteiger partial charge in [0.1, 0.15) is 5.75 Å². The monoisotopic (exact) mass is 347 g/mol. The smallest absolute Gasteiger partial charge is 0.315 e. The number of rotatable bonds is 7. The molecular formula is C17H21N3O3S. The van der Waals surface area contributed by atoms with E-state index in [0.29, 0.717) is 30.9 Å². The summed E-state index contributed by atoms with van der Waals surface area (Å²) in [5, 5.41) is 8.23. The molecular weight excluding hydrogens is 326 g/mol. The molecule has 1 aromatic carbocycles. The van der Waals surface area contributed by atoms with Gasteiger partial charge in [-0.1, -0.05) is 0 Å². The van der Waals surface area contributed by atoms with Crippen molar-refractivity contribution in [3.63, 3.8) is 0 Å². The van der Waals surface area contributed by atoms with E-state index in [1.807, 2.05) is 19.1 Å². The fourth-order valence-corrected chi connectivity index (χ4v) is 2.84. The lowest BCUT2D eigenvalue weighted by Crippen LogP contribution is -2.39. The lowest BCUT2D eigenvalue weighted by atomic mass is 10.2. The third kappa shape index (κ3) is 5.58. The van der Waals surface area contributed by atoms with Crippen LogP contribution in [-0.4, -0.2) is 32.1 Å². The summed E-state index contributed by atoms with van der Waals surface area (Å²) in [6, 6.07) is 10.6. The highest BCUT2D eigenvalue weighted by molar-refractivity contribution is 7.11. The number of benzene rings is 1. The number of urea groups is 1. The van der Waals surface area contributed by atoms with Crippen LogP contribution in [0.5, 0.6) is 5.75 Å². The third-order valence-corrected chi connectivity index (χ3v) is 4.27. The summed E-state index contributed by atoms with van der Waals surface area (Å²) >= 11 is 1.65. The lowest BCUT2D eigenvalue weighted by Gasteiger charge is -2.08. The molecule has 0 unspecified atom stereocenters. The highest BCUT2D eigenvalue weighted by atomic mass is 32.1. The van der Waals surface area contributed by atoms with Crippen LogP contribution in [-0.2, 0) is 6.54 Å². The fourth-order valence-electron chi connectivity index (χ4n) is 2.01. The number of aryl methyl sites for hydroxylation is 1. The number of carbonyl (C=O) groups excluding carboxylic acids is 2. The van der Waals surface area contributed by atoms with Crippen LogP contribution in [0.3, 0.4) is 0 Å². The van der Waals surface area contributed by atoms with Crippen LogP contribution in [0, 0.1) is 6.92 Å². The second-order valence-electron chi connectivity index (χ2n) is 5.11. The van der Waals surface area contributed by atoms with Gasteiger partial charge in [0, 0.05) is 28.4 Å². The molecule has 1 aromatic heterocycles. The molecule has 0 aliphatic heterocycles. The Morgan fingerprint density at radius 2 is 1.71 bits per heavy atom. The maximum Gasteiger partial charge on any atom is 0.315 e. The molecule has 128 valence electrons. The van der Waals surface area contributed by atoms with Gasteiger partial charge in [-0.2, -0.15) is 0 Å². The Hall–Kier alpha value is -2.54. The van der Waals surface area contributed by atoms with Gasteiger partial charge in [-0.25, -0.2) is 4.79 Å². The van der Waals surface area contributed by atoms with Gasteiger partial charge in [0.2, 0.25) is 0 Å². The molecule has 3 N–H and O–H groups in total. The minimum atomic E-state index is -0.250. The Bertz CT molecular complexity index is 683. The van der Waals surface area contributed by atoms with Crippen molar-refractivity contribution in [2.75, 3.05) is 20.2 Å². The summed E-state index contributed by atoms with van der Waals surface area (Å²) in [4.78, 5) is 25.9. The molecule has 24 heavy (non-hydrogen) atoms. The van der Waals surface area contributed by atoms with Crippen molar-refractivity contribution in [2.45, 2.75) is 13.5 Å². The number of hydrogen-bond acceptors (Lipinski definition) is 4. The summed E-state index contributed by atoms with van der Waals surface area (Å²) in [7, 11) is 1.57. The zero-order valence-corrected chi connectivity index (χ0v) is 14.5. The largest absolute Gasteiger partial charge is 0.497 e. The van der Waals surface area contributed by atoms with E-state index in [1.54, 1.807) is 42.7 Å². The van der Waals surface area contributed by atoms with Crippen molar-refractivity contribution in [3.05, 3.63) is 51.7 Å². The van der Waals surface area contributed by atoms with Crippen LogP contribution in [0.4, 0.5) is 4.79 Å². The number of nitrogens with one attached hydrogen (secondary N) is 3. The summed E-state index contributed by atoms with van der Waals surface area (Å²) in [5.74, 6) is 0.514. The van der Waals surface area contributed by atoms with E-state index < -0.39 is 0 Å². The Kier molecular flexibility index (Phi) is 6.62. The van der Waals surface area contributed by atoms with Crippen LogP contribution in [0.15, 0.2) is 36.4 Å². The molecule has 0 bridgehead atoms. The molecule has 2 aromatic rings. The molecule has 0 saturated heterocycles. The first-order chi connectivity index (χ1) is 11.6. The van der Waals surface area contributed by atoms with Crippen molar-refractivity contribution in [1.82, 2.24) is 16.0 Å². The maximum atomic E-state index is 11.9. The first-order valence-corrected chi connectivity index (χ1v) is 8.39. The molecule has 0 saturated carbocycles. The Morgan fingerprint density at radius 3 is 2.33 bits per heavy atom. The molecule has 3 amide bonds. The third-order valence-electron chi connectivity index (χ3n) is 3.27. The van der Waals surface area contributed by atoms with E-state index in [1.165, 1.54) is 4.88 Å². The molecule has 0 spiro atoms. The van der Waals surface area contributed by atoms with Gasteiger partial charge < -0.3 is 20.7 Å². The average Bonchev–Trinajstić information content (AvgIpc) is 3.02. The van der Waals surface area contributed by atoms with Gasteiger partial charge in [-0.05, 0) is 43.3 Å². The second kappa shape index (κ2) is 8.93. The molecule has 0 fully saturated rings. The first-order valence-electron chi connectivity index (χ1n) is 7.58. The minimum Gasteiger partial charge on any atom is -0.497 e. The zero-order valence-electron chi connectivity index (χ0n) is 13.7. The maximum absolute atomic E-state index is 11.9. The van der Waals surface area contributed by atoms with Crippen LogP contribution < -0.4 is 20.7 Å². The highest BCUT2D eigenvalue weighted by Gasteiger charge is 2.05. The van der Waals surface area contributed by atoms with Crippen molar-refractivity contribution in [1.29, 1.82) is 0 Å². The summed E-state index contributed by atoms with van der Waals surface area (Å²) < 4.78 is 5.04. The van der Waals surface area contributed by atoms with Crippen LogP contribution in [0.25, 0.3) is 0 Å². The van der Waals surface area contributed by atoms with Gasteiger partial charge in [0.05, 0.1) is 13.7 Å². The molecule has 1 heterocycles. The first kappa shape index (κ1) is 17.8. The molecule has 0 radical (unpaired) electrons. The minimum absolute atomic E-state index is 0.186. The van der Waals surface area contributed by atoms with Crippen molar-refractivity contribution in [3.8, 4) is 5.75 Å². The van der Waals surface area contributed by atoms with Crippen molar-refractivity contribution < 1.29 is 14.3 Å². The number of hydrogen-bond donors (Lipinski definition) is 3. The van der Waals surface area contributed by atoms with Gasteiger partial charge in [-0.3, -0.25) is 4.79 Å². The fraction of sp³-hybridized carbons (Fsp3) is 0.294. The van der Waals surface area contributed by atoms with Gasteiger partial charge in [-0.15, -0.1) is 11.3 Å². The average molecular weight is 347 g/mol. The van der Waals surface area contributed by atoms with E-state index in [2.05, 4.69) is 16.0 Å².